The second-order valence-corrected chi connectivity index (χ2v) is 8.42. The fourth-order valence-corrected chi connectivity index (χ4v) is 3.69. The smallest absolute Gasteiger partial charge is 0.343 e. The van der Waals surface area contributed by atoms with Gasteiger partial charge in [-0.15, -0.1) is 0 Å². The van der Waals surface area contributed by atoms with Crippen molar-refractivity contribution in [3.63, 3.8) is 0 Å². The molecule has 0 aliphatic carbocycles. The molecule has 7 heteroatoms. The van der Waals surface area contributed by atoms with Crippen LogP contribution in [-0.4, -0.2) is 24.7 Å². The minimum absolute atomic E-state index is 0.195. The first-order chi connectivity index (χ1) is 16.5. The second kappa shape index (κ2) is 10.8. The maximum absolute atomic E-state index is 12.5. The number of hydrazone groups is 1. The highest BCUT2D eigenvalue weighted by molar-refractivity contribution is 9.10. The molecule has 0 bridgehead atoms. The van der Waals surface area contributed by atoms with Crippen LogP contribution in [0.15, 0.2) is 94.5 Å². The fourth-order valence-electron chi connectivity index (χ4n) is 3.31. The van der Waals surface area contributed by atoms with Crippen LogP contribution in [0, 0.1) is 6.92 Å². The number of nitrogens with one attached hydrogen (secondary N) is 1. The SMILES string of the molecule is Cc1cccc(C(=O)Oc2ccc(Br)cc2C=NNC(=O)COc2cccc3ccccc23)c1. The Bertz CT molecular complexity index is 1380. The predicted molar refractivity (Wildman–Crippen MR) is 135 cm³/mol. The lowest BCUT2D eigenvalue weighted by molar-refractivity contribution is -0.123. The van der Waals surface area contributed by atoms with Crippen LogP contribution in [0.2, 0.25) is 0 Å². The lowest BCUT2D eigenvalue weighted by Crippen LogP contribution is -2.24. The number of halogens is 1. The van der Waals surface area contributed by atoms with E-state index in [9.17, 15) is 9.59 Å². The van der Waals surface area contributed by atoms with Gasteiger partial charge in [-0.25, -0.2) is 10.2 Å². The van der Waals surface area contributed by atoms with Crippen molar-refractivity contribution >= 4 is 44.8 Å². The molecule has 4 aromatic carbocycles. The van der Waals surface area contributed by atoms with E-state index in [4.69, 9.17) is 9.47 Å². The highest BCUT2D eigenvalue weighted by Crippen LogP contribution is 2.25. The Morgan fingerprint density at radius 1 is 0.941 bits per heavy atom. The quantitative estimate of drug-likeness (QED) is 0.149. The number of benzene rings is 4. The summed E-state index contributed by atoms with van der Waals surface area (Å²) in [4.78, 5) is 24.8. The van der Waals surface area contributed by atoms with Crippen LogP contribution in [0.25, 0.3) is 10.8 Å². The molecule has 0 atom stereocenters. The van der Waals surface area contributed by atoms with Crippen LogP contribution in [0.3, 0.4) is 0 Å². The number of aryl methyl sites for hydroxylation is 1. The summed E-state index contributed by atoms with van der Waals surface area (Å²) in [5, 5.41) is 5.95. The Morgan fingerprint density at radius 2 is 1.74 bits per heavy atom. The number of hydrogen-bond acceptors (Lipinski definition) is 5. The first kappa shape index (κ1) is 23.2. The van der Waals surface area contributed by atoms with Gasteiger partial charge in [-0.3, -0.25) is 4.79 Å². The zero-order valence-corrected chi connectivity index (χ0v) is 19.9. The van der Waals surface area contributed by atoms with Gasteiger partial charge in [-0.2, -0.15) is 5.10 Å². The Hall–Kier alpha value is -3.97. The number of ether oxygens (including phenoxy) is 2. The summed E-state index contributed by atoms with van der Waals surface area (Å²) in [6, 6.07) is 25.8. The molecule has 0 aliphatic rings. The van der Waals surface area contributed by atoms with Gasteiger partial charge in [0.05, 0.1) is 11.8 Å². The molecule has 1 N–H and O–H groups in total. The van der Waals surface area contributed by atoms with Gasteiger partial charge in [0.2, 0.25) is 0 Å². The number of carbonyl (C=O) groups is 2. The van der Waals surface area contributed by atoms with Crippen LogP contribution in [0.4, 0.5) is 0 Å². The van der Waals surface area contributed by atoms with E-state index < -0.39 is 11.9 Å². The van der Waals surface area contributed by atoms with Gasteiger partial charge in [-0.1, -0.05) is 70.0 Å². The molecule has 0 unspecified atom stereocenters. The molecule has 4 rings (SSSR count). The molecule has 0 saturated carbocycles. The van der Waals surface area contributed by atoms with E-state index in [0.29, 0.717) is 22.6 Å². The zero-order chi connectivity index (χ0) is 23.9. The average molecular weight is 517 g/mol. The van der Waals surface area contributed by atoms with E-state index in [1.807, 2.05) is 55.5 Å². The molecular weight excluding hydrogens is 496 g/mol. The van der Waals surface area contributed by atoms with Crippen LogP contribution >= 0.6 is 15.9 Å². The molecule has 170 valence electrons. The monoisotopic (exact) mass is 516 g/mol. The minimum atomic E-state index is -0.479. The Morgan fingerprint density at radius 3 is 2.59 bits per heavy atom. The summed E-state index contributed by atoms with van der Waals surface area (Å²) < 4.78 is 12.0. The Labute approximate surface area is 205 Å². The maximum atomic E-state index is 12.5. The average Bonchev–Trinajstić information content (AvgIpc) is 2.84. The number of fused-ring (bicyclic) bond motifs is 1. The molecule has 0 heterocycles. The van der Waals surface area contributed by atoms with E-state index in [1.54, 1.807) is 36.4 Å². The number of carbonyl (C=O) groups excluding carboxylic acids is 2. The van der Waals surface area contributed by atoms with Crippen LogP contribution in [0.5, 0.6) is 11.5 Å². The standard InChI is InChI=1S/C27H21BrN2O4/c1-18-6-4-9-20(14-18)27(32)34-24-13-12-22(28)15-21(24)16-29-30-26(31)17-33-25-11-5-8-19-7-2-3-10-23(19)25/h2-16H,17H2,1H3,(H,30,31). The molecule has 34 heavy (non-hydrogen) atoms. The highest BCUT2D eigenvalue weighted by Gasteiger charge is 2.12. The van der Waals surface area contributed by atoms with Crippen molar-refractivity contribution in [3.8, 4) is 11.5 Å². The van der Waals surface area contributed by atoms with Crippen molar-refractivity contribution in [3.05, 3.63) is 106 Å². The van der Waals surface area contributed by atoms with Crippen LogP contribution in [-0.2, 0) is 4.79 Å². The molecule has 0 aromatic heterocycles. The molecule has 0 fully saturated rings. The summed E-state index contributed by atoms with van der Waals surface area (Å²) in [5.41, 5.74) is 4.37. The lowest BCUT2D eigenvalue weighted by Gasteiger charge is -2.09. The number of nitrogens with zero attached hydrogens (tertiary/aromatic N) is 1. The van der Waals surface area contributed by atoms with Crippen molar-refractivity contribution in [2.75, 3.05) is 6.61 Å². The van der Waals surface area contributed by atoms with Gasteiger partial charge in [0.1, 0.15) is 11.5 Å². The van der Waals surface area contributed by atoms with Crippen LogP contribution < -0.4 is 14.9 Å². The largest absolute Gasteiger partial charge is 0.483 e. The fraction of sp³-hybridized carbons (Fsp3) is 0.0741. The van der Waals surface area contributed by atoms with Crippen molar-refractivity contribution in [2.45, 2.75) is 6.92 Å². The first-order valence-electron chi connectivity index (χ1n) is 10.5. The molecule has 0 spiro atoms. The third-order valence-electron chi connectivity index (χ3n) is 4.93. The zero-order valence-electron chi connectivity index (χ0n) is 18.3. The van der Waals surface area contributed by atoms with E-state index in [2.05, 4.69) is 26.5 Å². The third kappa shape index (κ3) is 5.88. The number of amides is 1. The second-order valence-electron chi connectivity index (χ2n) is 7.50. The van der Waals surface area contributed by atoms with E-state index >= 15 is 0 Å². The van der Waals surface area contributed by atoms with Gasteiger partial charge < -0.3 is 9.47 Å². The molecule has 6 nitrogen and oxygen atoms in total. The van der Waals surface area contributed by atoms with Gasteiger partial charge in [0.25, 0.3) is 5.91 Å². The summed E-state index contributed by atoms with van der Waals surface area (Å²) >= 11 is 3.40. The maximum Gasteiger partial charge on any atom is 0.343 e. The Balaban J connectivity index is 1.39. The first-order valence-corrected chi connectivity index (χ1v) is 11.3. The van der Waals surface area contributed by atoms with Gasteiger partial charge >= 0.3 is 5.97 Å². The third-order valence-corrected chi connectivity index (χ3v) is 5.42. The number of hydrogen-bond donors (Lipinski definition) is 1. The minimum Gasteiger partial charge on any atom is -0.483 e. The summed E-state index contributed by atoms with van der Waals surface area (Å²) in [6.45, 7) is 1.71. The Kier molecular flexibility index (Phi) is 7.34. The van der Waals surface area contributed by atoms with E-state index in [1.165, 1.54) is 6.21 Å². The van der Waals surface area contributed by atoms with Crippen molar-refractivity contribution in [2.24, 2.45) is 5.10 Å². The topological polar surface area (TPSA) is 77.0 Å². The molecule has 0 saturated heterocycles. The molecule has 1 amide bonds. The highest BCUT2D eigenvalue weighted by atomic mass is 79.9. The van der Waals surface area contributed by atoms with Crippen molar-refractivity contribution in [1.29, 1.82) is 0 Å². The van der Waals surface area contributed by atoms with Crippen molar-refractivity contribution < 1.29 is 19.1 Å². The summed E-state index contributed by atoms with van der Waals surface area (Å²) in [6.07, 6.45) is 1.42. The van der Waals surface area contributed by atoms with E-state index in [0.717, 1.165) is 20.8 Å². The van der Waals surface area contributed by atoms with Gasteiger partial charge in [-0.05, 0) is 48.7 Å². The predicted octanol–water partition coefficient (Wildman–Crippen LogP) is 5.66. The summed E-state index contributed by atoms with van der Waals surface area (Å²) in [5.74, 6) is 0.0416. The van der Waals surface area contributed by atoms with Crippen molar-refractivity contribution in [1.82, 2.24) is 5.43 Å². The summed E-state index contributed by atoms with van der Waals surface area (Å²) in [7, 11) is 0. The number of rotatable bonds is 7. The number of esters is 1. The normalized spacial score (nSPS) is 10.9. The molecular formula is C27H21BrN2O4. The van der Waals surface area contributed by atoms with E-state index in [-0.39, 0.29) is 6.61 Å². The van der Waals surface area contributed by atoms with Gasteiger partial charge in [0.15, 0.2) is 6.61 Å². The molecule has 0 aliphatic heterocycles. The molecule has 0 radical (unpaired) electrons. The molecule has 4 aromatic rings. The lowest BCUT2D eigenvalue weighted by atomic mass is 10.1. The van der Waals surface area contributed by atoms with Crippen LogP contribution in [0.1, 0.15) is 21.5 Å². The van der Waals surface area contributed by atoms with Gasteiger partial charge in [0, 0.05) is 15.4 Å².